The van der Waals surface area contributed by atoms with Crippen LogP contribution < -0.4 is 15.0 Å². The largest absolute Gasteiger partial charge is 0.480 e. The Morgan fingerprint density at radius 3 is 2.94 bits per heavy atom. The highest BCUT2D eigenvalue weighted by atomic mass is 16.5. The van der Waals surface area contributed by atoms with E-state index < -0.39 is 0 Å². The van der Waals surface area contributed by atoms with Crippen LogP contribution in [-0.4, -0.2) is 43.5 Å². The van der Waals surface area contributed by atoms with Gasteiger partial charge in [-0.05, 0) is 25.5 Å². The number of ether oxygens (including phenoxy) is 1. The maximum Gasteiger partial charge on any atom is 0.233 e. The minimum Gasteiger partial charge on any atom is -0.480 e. The SMILES string of the molecule is COc1ccc(N2CCC3(CCNC3)C2)nn1. The first-order chi connectivity index (χ1) is 8.31. The Balaban J connectivity index is 1.72. The zero-order valence-corrected chi connectivity index (χ0v) is 10.1. The van der Waals surface area contributed by atoms with Gasteiger partial charge in [0.25, 0.3) is 0 Å². The first-order valence-corrected chi connectivity index (χ1v) is 6.15. The molecule has 92 valence electrons. The van der Waals surface area contributed by atoms with E-state index in [9.17, 15) is 0 Å². The maximum atomic E-state index is 5.02. The molecule has 1 aromatic rings. The van der Waals surface area contributed by atoms with Crippen molar-refractivity contribution in [3.8, 4) is 5.88 Å². The number of methoxy groups -OCH3 is 1. The normalized spacial score (nSPS) is 27.9. The number of aromatic nitrogens is 2. The summed E-state index contributed by atoms with van der Waals surface area (Å²) in [6.07, 6.45) is 2.54. The Labute approximate surface area is 101 Å². The molecule has 0 amide bonds. The standard InChI is InChI=1S/C12H18N4O/c1-17-11-3-2-10(14-15-11)16-7-5-12(9-16)4-6-13-8-12/h2-3,13H,4-9H2,1H3. The molecule has 3 heterocycles. The molecule has 2 saturated heterocycles. The summed E-state index contributed by atoms with van der Waals surface area (Å²) in [5.41, 5.74) is 0.474. The van der Waals surface area contributed by atoms with Gasteiger partial charge in [0.1, 0.15) is 0 Å². The lowest BCUT2D eigenvalue weighted by Gasteiger charge is -2.22. The van der Waals surface area contributed by atoms with E-state index in [-0.39, 0.29) is 0 Å². The van der Waals surface area contributed by atoms with Crippen LogP contribution in [0.15, 0.2) is 12.1 Å². The van der Waals surface area contributed by atoms with Gasteiger partial charge in [0.2, 0.25) is 5.88 Å². The van der Waals surface area contributed by atoms with Crippen LogP contribution in [0.3, 0.4) is 0 Å². The van der Waals surface area contributed by atoms with Gasteiger partial charge in [-0.2, -0.15) is 0 Å². The van der Waals surface area contributed by atoms with Gasteiger partial charge in [-0.15, -0.1) is 10.2 Å². The molecule has 1 spiro atoms. The molecule has 5 nitrogen and oxygen atoms in total. The molecule has 2 fully saturated rings. The Morgan fingerprint density at radius 1 is 1.35 bits per heavy atom. The lowest BCUT2D eigenvalue weighted by atomic mass is 9.87. The van der Waals surface area contributed by atoms with E-state index in [1.54, 1.807) is 7.11 Å². The third-order valence-electron chi connectivity index (χ3n) is 3.93. The van der Waals surface area contributed by atoms with Gasteiger partial charge in [0.15, 0.2) is 5.82 Å². The molecule has 3 rings (SSSR count). The van der Waals surface area contributed by atoms with Gasteiger partial charge >= 0.3 is 0 Å². The predicted octanol–water partition coefficient (Wildman–Crippen LogP) is 0.675. The number of nitrogens with zero attached hydrogens (tertiary/aromatic N) is 3. The van der Waals surface area contributed by atoms with Gasteiger partial charge < -0.3 is 15.0 Å². The smallest absolute Gasteiger partial charge is 0.233 e. The van der Waals surface area contributed by atoms with Crippen molar-refractivity contribution in [3.05, 3.63) is 12.1 Å². The zero-order valence-electron chi connectivity index (χ0n) is 10.1. The summed E-state index contributed by atoms with van der Waals surface area (Å²) >= 11 is 0. The van der Waals surface area contributed by atoms with Crippen molar-refractivity contribution >= 4 is 5.82 Å². The van der Waals surface area contributed by atoms with E-state index in [0.29, 0.717) is 11.3 Å². The van der Waals surface area contributed by atoms with Crippen LogP contribution in [0.25, 0.3) is 0 Å². The number of rotatable bonds is 2. The average molecular weight is 234 g/mol. The molecule has 5 heteroatoms. The third kappa shape index (κ3) is 1.95. The van der Waals surface area contributed by atoms with Crippen molar-refractivity contribution in [3.63, 3.8) is 0 Å². The highest BCUT2D eigenvalue weighted by molar-refractivity contribution is 5.40. The third-order valence-corrected chi connectivity index (χ3v) is 3.93. The molecule has 0 saturated carbocycles. The number of nitrogens with one attached hydrogen (secondary N) is 1. The van der Waals surface area contributed by atoms with Crippen molar-refractivity contribution in [1.29, 1.82) is 0 Å². The van der Waals surface area contributed by atoms with E-state index in [1.165, 1.54) is 12.8 Å². The van der Waals surface area contributed by atoms with Crippen LogP contribution in [0.5, 0.6) is 5.88 Å². The summed E-state index contributed by atoms with van der Waals surface area (Å²) in [4.78, 5) is 2.33. The highest BCUT2D eigenvalue weighted by Crippen LogP contribution is 2.37. The van der Waals surface area contributed by atoms with Crippen LogP contribution in [0.4, 0.5) is 5.82 Å². The van der Waals surface area contributed by atoms with Crippen molar-refractivity contribution < 1.29 is 4.74 Å². The van der Waals surface area contributed by atoms with E-state index in [4.69, 9.17) is 4.74 Å². The molecule has 1 N–H and O–H groups in total. The van der Waals surface area contributed by atoms with Gasteiger partial charge in [0.05, 0.1) is 7.11 Å². The highest BCUT2D eigenvalue weighted by Gasteiger charge is 2.40. The molecule has 0 radical (unpaired) electrons. The Morgan fingerprint density at radius 2 is 2.29 bits per heavy atom. The summed E-state index contributed by atoms with van der Waals surface area (Å²) in [7, 11) is 1.61. The minimum absolute atomic E-state index is 0.474. The fourth-order valence-electron chi connectivity index (χ4n) is 2.87. The number of hydrogen-bond acceptors (Lipinski definition) is 5. The predicted molar refractivity (Wildman–Crippen MR) is 65.3 cm³/mol. The van der Waals surface area contributed by atoms with Gasteiger partial charge in [0, 0.05) is 31.1 Å². The molecule has 0 aromatic carbocycles. The van der Waals surface area contributed by atoms with E-state index in [0.717, 1.165) is 32.0 Å². The van der Waals surface area contributed by atoms with Crippen molar-refractivity contribution in [2.75, 3.05) is 38.2 Å². The zero-order chi connectivity index (χ0) is 11.7. The molecule has 1 atom stereocenters. The Bertz CT molecular complexity index is 386. The summed E-state index contributed by atoms with van der Waals surface area (Å²) in [5.74, 6) is 1.54. The topological polar surface area (TPSA) is 50.3 Å². The molecule has 2 aliphatic rings. The van der Waals surface area contributed by atoms with Crippen LogP contribution in [0.1, 0.15) is 12.8 Å². The minimum atomic E-state index is 0.474. The summed E-state index contributed by atoms with van der Waals surface area (Å²) in [6, 6.07) is 3.87. The Kier molecular flexibility index (Phi) is 2.63. The van der Waals surface area contributed by atoms with E-state index in [1.807, 2.05) is 12.1 Å². The fraction of sp³-hybridized carbons (Fsp3) is 0.667. The van der Waals surface area contributed by atoms with Gasteiger partial charge in [-0.3, -0.25) is 0 Å². The monoisotopic (exact) mass is 234 g/mol. The van der Waals surface area contributed by atoms with Crippen molar-refractivity contribution in [2.45, 2.75) is 12.8 Å². The van der Waals surface area contributed by atoms with Crippen molar-refractivity contribution in [1.82, 2.24) is 15.5 Å². The molecule has 2 aliphatic heterocycles. The second-order valence-corrected chi connectivity index (χ2v) is 5.03. The molecule has 1 unspecified atom stereocenters. The van der Waals surface area contributed by atoms with E-state index in [2.05, 4.69) is 20.4 Å². The molecule has 1 aromatic heterocycles. The molecular weight excluding hydrogens is 216 g/mol. The average Bonchev–Trinajstić information content (AvgIpc) is 3.01. The lowest BCUT2D eigenvalue weighted by molar-refractivity contribution is 0.369. The second-order valence-electron chi connectivity index (χ2n) is 5.03. The second kappa shape index (κ2) is 4.14. The van der Waals surface area contributed by atoms with Crippen LogP contribution >= 0.6 is 0 Å². The van der Waals surface area contributed by atoms with Crippen LogP contribution in [-0.2, 0) is 0 Å². The first kappa shape index (κ1) is 10.8. The van der Waals surface area contributed by atoms with E-state index >= 15 is 0 Å². The first-order valence-electron chi connectivity index (χ1n) is 6.15. The number of hydrogen-bond donors (Lipinski definition) is 1. The molecular formula is C12H18N4O. The number of anilines is 1. The van der Waals surface area contributed by atoms with Gasteiger partial charge in [-0.25, -0.2) is 0 Å². The summed E-state index contributed by atoms with van der Waals surface area (Å²) in [5, 5.41) is 11.7. The summed E-state index contributed by atoms with van der Waals surface area (Å²) in [6.45, 7) is 4.49. The maximum absolute atomic E-state index is 5.02. The quantitative estimate of drug-likeness (QED) is 0.815. The molecule has 0 bridgehead atoms. The fourth-order valence-corrected chi connectivity index (χ4v) is 2.87. The Hall–Kier alpha value is -1.36. The van der Waals surface area contributed by atoms with Gasteiger partial charge in [-0.1, -0.05) is 0 Å². The lowest BCUT2D eigenvalue weighted by Crippen LogP contribution is -2.29. The van der Waals surface area contributed by atoms with Crippen LogP contribution in [0.2, 0.25) is 0 Å². The molecule has 17 heavy (non-hydrogen) atoms. The summed E-state index contributed by atoms with van der Waals surface area (Å²) < 4.78 is 5.02. The van der Waals surface area contributed by atoms with Crippen LogP contribution in [0, 0.1) is 5.41 Å². The van der Waals surface area contributed by atoms with Crippen molar-refractivity contribution in [2.24, 2.45) is 5.41 Å². The molecule has 0 aliphatic carbocycles.